The molecule has 1 aromatic carbocycles. The van der Waals surface area contributed by atoms with Crippen molar-refractivity contribution in [3.05, 3.63) is 40.0 Å². The van der Waals surface area contributed by atoms with Gasteiger partial charge in [0.15, 0.2) is 5.69 Å². The number of fused-ring (bicyclic) bond motifs is 1. The number of anilines is 2. The normalized spacial score (nSPS) is 10.4. The van der Waals surface area contributed by atoms with Crippen molar-refractivity contribution in [2.75, 3.05) is 11.1 Å². The van der Waals surface area contributed by atoms with Gasteiger partial charge in [0.1, 0.15) is 0 Å². The van der Waals surface area contributed by atoms with Gasteiger partial charge >= 0.3 is 5.97 Å². The summed E-state index contributed by atoms with van der Waals surface area (Å²) >= 11 is 5.90. The number of carbonyl (C=O) groups excluding carboxylic acids is 1. The summed E-state index contributed by atoms with van der Waals surface area (Å²) in [5.74, 6) is 0.289. The molecular weight excluding hydrogens is 350 g/mol. The number of nitrogen functional groups attached to an aromatic ring is 1. The fraction of sp³-hybridized carbons (Fsp3) is 0. The SMILES string of the molecule is C#Cc1cc(NC(=O)c2cc(N)c3nnnn3n2)c(C(=O)O)cc1Cl. The quantitative estimate of drug-likeness (QED) is 0.579. The molecule has 0 saturated carbocycles. The number of nitrogens with one attached hydrogen (secondary N) is 1. The highest BCUT2D eigenvalue weighted by molar-refractivity contribution is 6.32. The fourth-order valence-corrected chi connectivity index (χ4v) is 2.25. The molecule has 0 aliphatic rings. The number of nitrogens with two attached hydrogens (primary N) is 1. The average molecular weight is 358 g/mol. The molecule has 25 heavy (non-hydrogen) atoms. The van der Waals surface area contributed by atoms with Crippen LogP contribution >= 0.6 is 11.6 Å². The predicted octanol–water partition coefficient (Wildman–Crippen LogP) is 0.687. The predicted molar refractivity (Wildman–Crippen MR) is 87.3 cm³/mol. The van der Waals surface area contributed by atoms with Crippen LogP contribution in [-0.2, 0) is 0 Å². The van der Waals surface area contributed by atoms with Crippen molar-refractivity contribution in [3.63, 3.8) is 0 Å². The molecule has 0 aliphatic carbocycles. The molecule has 3 aromatic rings. The van der Waals surface area contributed by atoms with Crippen molar-refractivity contribution in [1.82, 2.24) is 25.3 Å². The van der Waals surface area contributed by atoms with Gasteiger partial charge in [-0.15, -0.1) is 21.3 Å². The number of carboxylic acid groups (broad SMARTS) is 1. The van der Waals surface area contributed by atoms with Crippen LogP contribution in [0.1, 0.15) is 26.4 Å². The average Bonchev–Trinajstić information content (AvgIpc) is 3.04. The number of benzene rings is 1. The molecule has 0 spiro atoms. The number of carboxylic acids is 1. The highest BCUT2D eigenvalue weighted by Crippen LogP contribution is 2.25. The molecule has 0 saturated heterocycles. The van der Waals surface area contributed by atoms with Crippen LogP contribution in [0, 0.1) is 12.3 Å². The number of rotatable bonds is 3. The number of nitrogens with zero attached hydrogens (tertiary/aromatic N) is 5. The zero-order valence-electron chi connectivity index (χ0n) is 12.3. The van der Waals surface area contributed by atoms with E-state index in [0.29, 0.717) is 0 Å². The molecule has 124 valence electrons. The number of carbonyl (C=O) groups is 2. The second-order valence-corrected chi connectivity index (χ2v) is 5.17. The highest BCUT2D eigenvalue weighted by atomic mass is 35.5. The van der Waals surface area contributed by atoms with Crippen LogP contribution in [-0.4, -0.2) is 42.2 Å². The maximum atomic E-state index is 12.4. The monoisotopic (exact) mass is 357 g/mol. The lowest BCUT2D eigenvalue weighted by molar-refractivity contribution is 0.0698. The van der Waals surface area contributed by atoms with E-state index in [9.17, 15) is 14.7 Å². The molecule has 0 unspecified atom stereocenters. The van der Waals surface area contributed by atoms with Gasteiger partial charge in [-0.1, -0.05) is 17.5 Å². The Labute approximate surface area is 144 Å². The molecule has 1 amide bonds. The number of hydrogen-bond acceptors (Lipinski definition) is 7. The molecule has 2 aromatic heterocycles. The van der Waals surface area contributed by atoms with E-state index in [1.54, 1.807) is 0 Å². The Bertz CT molecular complexity index is 1070. The van der Waals surface area contributed by atoms with Crippen LogP contribution in [0.2, 0.25) is 5.02 Å². The minimum atomic E-state index is -1.29. The van der Waals surface area contributed by atoms with Crippen LogP contribution in [0.25, 0.3) is 5.65 Å². The lowest BCUT2D eigenvalue weighted by Gasteiger charge is -2.10. The molecule has 0 radical (unpaired) electrons. The first-order chi connectivity index (χ1) is 11.9. The number of aromatic carboxylic acids is 1. The van der Waals surface area contributed by atoms with Crippen LogP contribution < -0.4 is 11.1 Å². The van der Waals surface area contributed by atoms with Crippen molar-refractivity contribution >= 4 is 40.5 Å². The number of halogens is 1. The van der Waals surface area contributed by atoms with Gasteiger partial charge in [-0.25, -0.2) is 4.79 Å². The largest absolute Gasteiger partial charge is 0.478 e. The summed E-state index contributed by atoms with van der Waals surface area (Å²) in [7, 11) is 0. The third-order valence-corrected chi connectivity index (χ3v) is 3.49. The van der Waals surface area contributed by atoms with Crippen molar-refractivity contribution in [2.24, 2.45) is 0 Å². The standard InChI is InChI=1S/C14H8ClN7O3/c1-2-6-3-10(7(14(24)25)4-8(6)15)17-13(23)11-5-9(16)12-18-20-21-22(12)19-11/h1,3-5H,16H2,(H,17,23)(H,24,25). The first-order valence-electron chi connectivity index (χ1n) is 6.60. The summed E-state index contributed by atoms with van der Waals surface area (Å²) in [4.78, 5) is 23.8. The van der Waals surface area contributed by atoms with E-state index < -0.39 is 11.9 Å². The van der Waals surface area contributed by atoms with Gasteiger partial charge in [0, 0.05) is 5.56 Å². The maximum absolute atomic E-state index is 12.4. The molecule has 11 heteroatoms. The van der Waals surface area contributed by atoms with Crippen molar-refractivity contribution in [3.8, 4) is 12.3 Å². The molecular formula is C14H8ClN7O3. The lowest BCUT2D eigenvalue weighted by atomic mass is 10.1. The van der Waals surface area contributed by atoms with E-state index in [-0.39, 0.29) is 38.9 Å². The Morgan fingerprint density at radius 1 is 1.36 bits per heavy atom. The van der Waals surface area contributed by atoms with Crippen LogP contribution in [0.15, 0.2) is 18.2 Å². The van der Waals surface area contributed by atoms with Crippen LogP contribution in [0.3, 0.4) is 0 Å². The zero-order chi connectivity index (χ0) is 18.1. The highest BCUT2D eigenvalue weighted by Gasteiger charge is 2.18. The van der Waals surface area contributed by atoms with Gasteiger partial charge in [0.25, 0.3) is 5.91 Å². The minimum Gasteiger partial charge on any atom is -0.478 e. The summed E-state index contributed by atoms with van der Waals surface area (Å²) < 4.78 is 0.983. The summed E-state index contributed by atoms with van der Waals surface area (Å²) in [6, 6.07) is 3.70. The molecule has 4 N–H and O–H groups in total. The summed E-state index contributed by atoms with van der Waals surface area (Å²) in [6.07, 6.45) is 5.31. The molecule has 0 atom stereocenters. The van der Waals surface area contributed by atoms with Crippen LogP contribution in [0.4, 0.5) is 11.4 Å². The van der Waals surface area contributed by atoms with Crippen molar-refractivity contribution in [2.45, 2.75) is 0 Å². The van der Waals surface area contributed by atoms with Gasteiger partial charge in [0.2, 0.25) is 5.65 Å². The Kier molecular flexibility index (Phi) is 3.92. The van der Waals surface area contributed by atoms with E-state index in [1.165, 1.54) is 12.1 Å². The molecule has 2 heterocycles. The second-order valence-electron chi connectivity index (χ2n) is 4.76. The number of tetrazole rings is 1. The van der Waals surface area contributed by atoms with Crippen molar-refractivity contribution in [1.29, 1.82) is 0 Å². The van der Waals surface area contributed by atoms with E-state index in [4.69, 9.17) is 23.8 Å². The smallest absolute Gasteiger partial charge is 0.337 e. The first-order valence-corrected chi connectivity index (χ1v) is 6.98. The summed E-state index contributed by atoms with van der Waals surface area (Å²) in [5, 5.41) is 26.3. The van der Waals surface area contributed by atoms with Gasteiger partial charge in [-0.05, 0) is 28.6 Å². The fourth-order valence-electron chi connectivity index (χ4n) is 2.03. The van der Waals surface area contributed by atoms with Gasteiger partial charge in [0.05, 0.1) is 22.0 Å². The summed E-state index contributed by atoms with van der Waals surface area (Å²) in [6.45, 7) is 0. The second kappa shape index (κ2) is 6.06. The number of aromatic nitrogens is 5. The Morgan fingerprint density at radius 2 is 2.12 bits per heavy atom. The number of hydrogen-bond donors (Lipinski definition) is 3. The molecule has 3 rings (SSSR count). The third kappa shape index (κ3) is 2.91. The Balaban J connectivity index is 2.02. The summed E-state index contributed by atoms with van der Waals surface area (Å²) in [5.41, 5.74) is 5.91. The van der Waals surface area contributed by atoms with Crippen molar-refractivity contribution < 1.29 is 14.7 Å². The van der Waals surface area contributed by atoms with Gasteiger partial charge < -0.3 is 16.2 Å². The molecule has 10 nitrogen and oxygen atoms in total. The molecule has 0 bridgehead atoms. The topological polar surface area (TPSA) is 148 Å². The lowest BCUT2D eigenvalue weighted by Crippen LogP contribution is -2.18. The van der Waals surface area contributed by atoms with E-state index in [0.717, 1.165) is 10.7 Å². The van der Waals surface area contributed by atoms with Gasteiger partial charge in [-0.2, -0.15) is 0 Å². The molecule has 0 aliphatic heterocycles. The maximum Gasteiger partial charge on any atom is 0.337 e. The Morgan fingerprint density at radius 3 is 2.80 bits per heavy atom. The van der Waals surface area contributed by atoms with Crippen LogP contribution in [0.5, 0.6) is 0 Å². The number of amides is 1. The Hall–Kier alpha value is -3.71. The van der Waals surface area contributed by atoms with E-state index in [1.807, 2.05) is 0 Å². The zero-order valence-corrected chi connectivity index (χ0v) is 13.0. The molecule has 0 fully saturated rings. The number of terminal acetylenes is 1. The van der Waals surface area contributed by atoms with E-state index >= 15 is 0 Å². The first kappa shape index (κ1) is 16.2. The van der Waals surface area contributed by atoms with E-state index in [2.05, 4.69) is 31.9 Å². The van der Waals surface area contributed by atoms with Gasteiger partial charge in [-0.3, -0.25) is 4.79 Å². The minimum absolute atomic E-state index is 0.0352. The third-order valence-electron chi connectivity index (χ3n) is 3.18.